The zero-order valence-electron chi connectivity index (χ0n) is 22.1. The molecule has 13 heteroatoms. The highest BCUT2D eigenvalue weighted by Gasteiger charge is 2.34. The second-order valence-corrected chi connectivity index (χ2v) is 11.7. The summed E-state index contributed by atoms with van der Waals surface area (Å²) in [4.78, 5) is 39.2. The fraction of sp³-hybridized carbons (Fsp3) is 0.259. The molecule has 0 radical (unpaired) electrons. The number of likely N-dealkylation sites (N-methyl/N-ethyl adjacent to an activating group) is 1. The Bertz CT molecular complexity index is 1470. The van der Waals surface area contributed by atoms with Gasteiger partial charge in [-0.2, -0.15) is 0 Å². The van der Waals surface area contributed by atoms with E-state index in [1.54, 1.807) is 24.3 Å². The Morgan fingerprint density at radius 3 is 2.25 bits per heavy atom. The Balaban J connectivity index is 2.09. The number of hydrogen-bond acceptors (Lipinski definition) is 7. The predicted molar refractivity (Wildman–Crippen MR) is 155 cm³/mol. The van der Waals surface area contributed by atoms with Gasteiger partial charge in [0, 0.05) is 36.6 Å². The highest BCUT2D eigenvalue weighted by Crippen LogP contribution is 2.34. The number of ether oxygens (including phenoxy) is 1. The smallest absolute Gasteiger partial charge is 0.271 e. The highest BCUT2D eigenvalue weighted by atomic mass is 79.9. The van der Waals surface area contributed by atoms with Gasteiger partial charge in [0.15, 0.2) is 0 Å². The van der Waals surface area contributed by atoms with Gasteiger partial charge < -0.3 is 15.0 Å². The van der Waals surface area contributed by atoms with E-state index in [4.69, 9.17) is 4.74 Å². The Hall–Kier alpha value is -3.97. The third-order valence-electron chi connectivity index (χ3n) is 6.10. The number of carbonyl (C=O) groups excluding carboxylic acids is 2. The highest BCUT2D eigenvalue weighted by molar-refractivity contribution is 9.10. The van der Waals surface area contributed by atoms with E-state index in [1.807, 2.05) is 30.3 Å². The Kier molecular flexibility index (Phi) is 10.2. The molecule has 0 aliphatic heterocycles. The zero-order chi connectivity index (χ0) is 29.4. The molecule has 1 N–H and O–H groups in total. The molecule has 11 nitrogen and oxygen atoms in total. The fourth-order valence-electron chi connectivity index (χ4n) is 4.09. The summed E-state index contributed by atoms with van der Waals surface area (Å²) in [5.74, 6) is -1.10. The molecule has 0 heterocycles. The van der Waals surface area contributed by atoms with Crippen LogP contribution >= 0.6 is 15.9 Å². The topological polar surface area (TPSA) is 139 Å². The lowest BCUT2D eigenvalue weighted by Crippen LogP contribution is -2.52. The number of non-ortho nitro benzene ring substituents is 1. The average molecular weight is 634 g/mol. The summed E-state index contributed by atoms with van der Waals surface area (Å²) in [6.07, 6.45) is 1.06. The number of anilines is 1. The molecule has 0 unspecified atom stereocenters. The number of nitrogens with zero attached hydrogens (tertiary/aromatic N) is 3. The van der Waals surface area contributed by atoms with Crippen LogP contribution in [0.3, 0.4) is 0 Å². The normalized spacial score (nSPS) is 11.8. The van der Waals surface area contributed by atoms with E-state index in [2.05, 4.69) is 21.2 Å². The minimum atomic E-state index is -4.13. The molecule has 0 aliphatic carbocycles. The lowest BCUT2D eigenvalue weighted by Gasteiger charge is -2.33. The van der Waals surface area contributed by atoms with E-state index < -0.39 is 39.3 Å². The van der Waals surface area contributed by atoms with Gasteiger partial charge in [0.25, 0.3) is 5.69 Å². The van der Waals surface area contributed by atoms with Crippen LogP contribution in [0.1, 0.15) is 11.1 Å². The van der Waals surface area contributed by atoms with Crippen LogP contribution in [0.2, 0.25) is 0 Å². The van der Waals surface area contributed by atoms with Gasteiger partial charge in [-0.1, -0.05) is 58.4 Å². The van der Waals surface area contributed by atoms with Gasteiger partial charge in [0.1, 0.15) is 24.0 Å². The van der Waals surface area contributed by atoms with E-state index in [1.165, 1.54) is 31.2 Å². The van der Waals surface area contributed by atoms with Gasteiger partial charge >= 0.3 is 0 Å². The summed E-state index contributed by atoms with van der Waals surface area (Å²) < 4.78 is 32.7. The molecule has 3 rings (SSSR count). The maximum absolute atomic E-state index is 14.0. The third-order valence-corrected chi connectivity index (χ3v) is 7.76. The van der Waals surface area contributed by atoms with Gasteiger partial charge in [-0.25, -0.2) is 8.42 Å². The van der Waals surface area contributed by atoms with Gasteiger partial charge in [-0.3, -0.25) is 24.0 Å². The third kappa shape index (κ3) is 7.79. The minimum Gasteiger partial charge on any atom is -0.495 e. The molecule has 0 fully saturated rings. The number of hydrogen-bond donors (Lipinski definition) is 1. The molecule has 0 bridgehead atoms. The number of nitro benzene ring substituents is 1. The molecule has 3 aromatic carbocycles. The van der Waals surface area contributed by atoms with Crippen molar-refractivity contribution in [1.82, 2.24) is 10.2 Å². The molecular weight excluding hydrogens is 604 g/mol. The van der Waals surface area contributed by atoms with Crippen molar-refractivity contribution in [3.8, 4) is 5.75 Å². The first kappa shape index (κ1) is 30.6. The number of sulfonamides is 1. The molecule has 212 valence electrons. The van der Waals surface area contributed by atoms with E-state index in [9.17, 15) is 28.1 Å². The largest absolute Gasteiger partial charge is 0.495 e. The fourth-order valence-corrected chi connectivity index (χ4v) is 5.20. The Morgan fingerprint density at radius 2 is 1.70 bits per heavy atom. The summed E-state index contributed by atoms with van der Waals surface area (Å²) in [5, 5.41) is 14.0. The van der Waals surface area contributed by atoms with Crippen molar-refractivity contribution in [3.63, 3.8) is 0 Å². The molecule has 0 spiro atoms. The molecule has 2 amide bonds. The van der Waals surface area contributed by atoms with Crippen LogP contribution in [-0.4, -0.2) is 63.1 Å². The number of halogens is 1. The van der Waals surface area contributed by atoms with Crippen LogP contribution in [0.5, 0.6) is 5.75 Å². The first-order chi connectivity index (χ1) is 18.9. The number of nitrogens with one attached hydrogen (secondary N) is 1. The summed E-state index contributed by atoms with van der Waals surface area (Å²) in [7, 11) is -1.39. The molecule has 0 aromatic heterocycles. The van der Waals surface area contributed by atoms with Crippen molar-refractivity contribution in [2.45, 2.75) is 19.0 Å². The van der Waals surface area contributed by atoms with Crippen molar-refractivity contribution in [3.05, 3.63) is 98.5 Å². The molecule has 40 heavy (non-hydrogen) atoms. The number of rotatable bonds is 12. The maximum Gasteiger partial charge on any atom is 0.271 e. The number of methoxy groups -OCH3 is 1. The van der Waals surface area contributed by atoms with E-state index in [0.717, 1.165) is 26.7 Å². The zero-order valence-corrected chi connectivity index (χ0v) is 24.5. The van der Waals surface area contributed by atoms with Crippen LogP contribution in [0, 0.1) is 10.1 Å². The van der Waals surface area contributed by atoms with Gasteiger partial charge in [0.2, 0.25) is 21.8 Å². The molecule has 3 aromatic rings. The van der Waals surface area contributed by atoms with Crippen molar-refractivity contribution < 1.29 is 27.7 Å². The van der Waals surface area contributed by atoms with Crippen LogP contribution in [0.25, 0.3) is 0 Å². The molecule has 1 atom stereocenters. The van der Waals surface area contributed by atoms with Gasteiger partial charge in [-0.05, 0) is 29.3 Å². The number of amides is 2. The van der Waals surface area contributed by atoms with E-state index >= 15 is 0 Å². The molecule has 0 saturated carbocycles. The first-order valence-corrected chi connectivity index (χ1v) is 14.7. The lowest BCUT2D eigenvalue weighted by atomic mass is 10.0. The number of benzene rings is 3. The van der Waals surface area contributed by atoms with Crippen molar-refractivity contribution in [2.75, 3.05) is 31.3 Å². The van der Waals surface area contributed by atoms with E-state index in [0.29, 0.717) is 5.56 Å². The van der Waals surface area contributed by atoms with Crippen molar-refractivity contribution in [1.29, 1.82) is 0 Å². The lowest BCUT2D eigenvalue weighted by molar-refractivity contribution is -0.384. The molecular formula is C27H29BrN4O7S. The second-order valence-electron chi connectivity index (χ2n) is 8.85. The van der Waals surface area contributed by atoms with Crippen LogP contribution in [-0.2, 0) is 32.6 Å². The van der Waals surface area contributed by atoms with Crippen molar-refractivity contribution in [2.24, 2.45) is 0 Å². The quantitative estimate of drug-likeness (QED) is 0.238. The predicted octanol–water partition coefficient (Wildman–Crippen LogP) is 3.52. The van der Waals surface area contributed by atoms with Gasteiger partial charge in [0.05, 0.1) is 18.3 Å². The molecule has 0 saturated heterocycles. The van der Waals surface area contributed by atoms with Crippen LogP contribution in [0.4, 0.5) is 11.4 Å². The second kappa shape index (κ2) is 13.4. The van der Waals surface area contributed by atoms with Gasteiger partial charge in [-0.15, -0.1) is 0 Å². The van der Waals surface area contributed by atoms with E-state index in [-0.39, 0.29) is 30.1 Å². The molecule has 0 aliphatic rings. The summed E-state index contributed by atoms with van der Waals surface area (Å²) >= 11 is 3.38. The summed E-state index contributed by atoms with van der Waals surface area (Å²) in [6.45, 7) is -0.726. The summed E-state index contributed by atoms with van der Waals surface area (Å²) in [5.41, 5.74) is 0.953. The minimum absolute atomic E-state index is 0.000702. The van der Waals surface area contributed by atoms with Crippen molar-refractivity contribution >= 4 is 49.1 Å². The maximum atomic E-state index is 14.0. The first-order valence-electron chi connectivity index (χ1n) is 12.0. The monoisotopic (exact) mass is 632 g/mol. The average Bonchev–Trinajstić information content (AvgIpc) is 2.93. The number of carbonyl (C=O) groups is 2. The Morgan fingerprint density at radius 1 is 1.05 bits per heavy atom. The SMILES string of the molecule is CNC(=O)[C@H](Cc1ccccc1)N(Cc1ccc(Br)cc1)C(=O)CN(c1cc([N+](=O)[O-])ccc1OC)S(C)(=O)=O. The van der Waals surface area contributed by atoms with Crippen LogP contribution in [0.15, 0.2) is 77.3 Å². The Labute approximate surface area is 241 Å². The van der Waals surface area contributed by atoms with Crippen LogP contribution < -0.4 is 14.4 Å². The summed E-state index contributed by atoms with van der Waals surface area (Å²) in [6, 6.07) is 18.8. The standard InChI is InChI=1S/C27H29BrN4O7S/c1-29-27(34)24(15-19-7-5-4-6-8-19)30(17-20-9-11-21(28)12-10-20)26(33)18-31(40(3,37)38)23-16-22(32(35)36)13-14-25(23)39-2/h4-14,16,24H,15,17-18H2,1-3H3,(H,29,34)/t24-/m0/s1. The number of nitro groups is 1.